The normalized spacial score (nSPS) is 22.1. The lowest BCUT2D eigenvalue weighted by Gasteiger charge is -2.30. The third-order valence-corrected chi connectivity index (χ3v) is 7.88. The lowest BCUT2D eigenvalue weighted by Crippen LogP contribution is -2.41. The number of pyridine rings is 1. The maximum atomic E-state index is 13.8. The zero-order valence-corrected chi connectivity index (χ0v) is 24.7. The highest BCUT2D eigenvalue weighted by Crippen LogP contribution is 2.34. The predicted octanol–water partition coefficient (Wildman–Crippen LogP) is 3.78. The number of halogens is 1. The number of nitrogens with one attached hydrogen (secondary N) is 3. The molecule has 0 bridgehead atoms. The molecule has 3 atom stereocenters. The summed E-state index contributed by atoms with van der Waals surface area (Å²) in [7, 11) is 1.65. The predicted molar refractivity (Wildman–Crippen MR) is 162 cm³/mol. The molecule has 3 heterocycles. The van der Waals surface area contributed by atoms with Gasteiger partial charge in [-0.1, -0.05) is 31.5 Å². The van der Waals surface area contributed by atoms with Crippen LogP contribution in [0.3, 0.4) is 0 Å². The number of benzene rings is 1. The second kappa shape index (κ2) is 13.2. The van der Waals surface area contributed by atoms with Gasteiger partial charge in [0.2, 0.25) is 5.91 Å². The van der Waals surface area contributed by atoms with Gasteiger partial charge in [0.25, 0.3) is 5.56 Å². The number of carbonyl (C=O) groups is 1. The fourth-order valence-corrected chi connectivity index (χ4v) is 5.58. The molecule has 222 valence electrons. The van der Waals surface area contributed by atoms with Gasteiger partial charge in [-0.3, -0.25) is 15.0 Å². The summed E-state index contributed by atoms with van der Waals surface area (Å²) >= 11 is 6.41. The summed E-state index contributed by atoms with van der Waals surface area (Å²) in [5.74, 6) is -0.128. The van der Waals surface area contributed by atoms with E-state index >= 15 is 0 Å². The van der Waals surface area contributed by atoms with Gasteiger partial charge in [-0.25, -0.2) is 0 Å². The second-order valence-corrected chi connectivity index (χ2v) is 11.4. The van der Waals surface area contributed by atoms with E-state index < -0.39 is 11.9 Å². The molecule has 0 saturated carbocycles. The first-order valence-corrected chi connectivity index (χ1v) is 14.5. The van der Waals surface area contributed by atoms with Gasteiger partial charge in [0.1, 0.15) is 11.8 Å². The van der Waals surface area contributed by atoms with Crippen LogP contribution >= 0.6 is 11.6 Å². The highest BCUT2D eigenvalue weighted by atomic mass is 35.5. The van der Waals surface area contributed by atoms with E-state index in [9.17, 15) is 9.59 Å². The highest BCUT2D eigenvalue weighted by molar-refractivity contribution is 6.50. The number of hydrogen-bond acceptors (Lipinski definition) is 8. The maximum absolute atomic E-state index is 13.8. The standard InChI is InChI=1S/C31H36ClN5O5/c1-18(2)29-10-19-4-5-21(32)11-24(19)25-14-30(38)37(15-20(25)16-42-29)28(13-23-17-40-8-9-41-23)31(39)35-22-6-7-27(36-34-3)26(33)12-22/h4-7,11-12,14-15,18,23,28-29,33-34H,8-10,13,16-17H2,1-3H3,(H,35,39)/b33-26?,36-27-/t23-,28+,29+/m1/s1. The molecular formula is C31H36ClN5O5. The van der Waals surface area contributed by atoms with Crippen LogP contribution in [0.15, 0.2) is 64.3 Å². The van der Waals surface area contributed by atoms with E-state index in [2.05, 4.69) is 29.7 Å². The Bertz CT molecular complexity index is 1510. The van der Waals surface area contributed by atoms with E-state index in [0.29, 0.717) is 42.7 Å². The van der Waals surface area contributed by atoms with Gasteiger partial charge in [0.05, 0.1) is 44.3 Å². The van der Waals surface area contributed by atoms with Crippen molar-refractivity contribution in [2.75, 3.05) is 26.9 Å². The van der Waals surface area contributed by atoms with Gasteiger partial charge in [-0.05, 0) is 59.4 Å². The first kappa shape index (κ1) is 29.9. The topological polar surface area (TPSA) is 127 Å². The Balaban J connectivity index is 1.53. The summed E-state index contributed by atoms with van der Waals surface area (Å²) in [6, 6.07) is 6.40. The Hall–Kier alpha value is -3.57. The number of ether oxygens (including phenoxy) is 3. The molecule has 2 aliphatic heterocycles. The van der Waals surface area contributed by atoms with E-state index in [4.69, 9.17) is 31.2 Å². The maximum Gasteiger partial charge on any atom is 0.251 e. The van der Waals surface area contributed by atoms with Crippen LogP contribution in [-0.4, -0.2) is 61.0 Å². The number of nitrogens with zero attached hydrogens (tertiary/aromatic N) is 2. The van der Waals surface area contributed by atoms with Gasteiger partial charge < -0.3 is 29.5 Å². The number of amides is 1. The fourth-order valence-electron chi connectivity index (χ4n) is 5.41. The van der Waals surface area contributed by atoms with E-state index in [0.717, 1.165) is 22.3 Å². The largest absolute Gasteiger partial charge is 0.376 e. The monoisotopic (exact) mass is 593 g/mol. The van der Waals surface area contributed by atoms with Crippen molar-refractivity contribution in [2.45, 2.75) is 51.5 Å². The van der Waals surface area contributed by atoms with Crippen molar-refractivity contribution in [1.82, 2.24) is 15.3 Å². The smallest absolute Gasteiger partial charge is 0.251 e. The van der Waals surface area contributed by atoms with E-state index in [1.54, 1.807) is 31.5 Å². The van der Waals surface area contributed by atoms with Crippen molar-refractivity contribution in [3.63, 3.8) is 0 Å². The number of hydrazone groups is 1. The molecule has 1 saturated heterocycles. The SMILES string of the molecule is CN/N=C1/C=CC(NC(=O)[C@H](C[C@@H]2COCCO2)n2cc3c(cc2=O)-c2cc(Cl)ccc2C[C@@H](C(C)C)OC3)=CC1=N. The summed E-state index contributed by atoms with van der Waals surface area (Å²) in [6.07, 6.45) is 7.10. The van der Waals surface area contributed by atoms with Gasteiger partial charge in [0.15, 0.2) is 0 Å². The van der Waals surface area contributed by atoms with Crippen LogP contribution in [-0.2, 0) is 32.0 Å². The van der Waals surface area contributed by atoms with Crippen LogP contribution in [0.25, 0.3) is 11.1 Å². The summed E-state index contributed by atoms with van der Waals surface area (Å²) in [5.41, 5.74) is 6.83. The molecule has 3 N–H and O–H groups in total. The summed E-state index contributed by atoms with van der Waals surface area (Å²) in [4.78, 5) is 27.6. The second-order valence-electron chi connectivity index (χ2n) is 10.9. The molecule has 1 aliphatic carbocycles. The molecule has 1 fully saturated rings. The molecular weight excluding hydrogens is 558 g/mol. The Morgan fingerprint density at radius 3 is 2.69 bits per heavy atom. The molecule has 3 aliphatic rings. The third-order valence-electron chi connectivity index (χ3n) is 7.65. The van der Waals surface area contributed by atoms with Crippen LogP contribution in [0.1, 0.15) is 37.4 Å². The molecule has 0 radical (unpaired) electrons. The summed E-state index contributed by atoms with van der Waals surface area (Å²) in [5, 5.41) is 15.8. The molecule has 5 rings (SSSR count). The first-order valence-electron chi connectivity index (χ1n) is 14.1. The van der Waals surface area contributed by atoms with Crippen molar-refractivity contribution in [2.24, 2.45) is 11.0 Å². The number of rotatable bonds is 7. The molecule has 10 nitrogen and oxygen atoms in total. The molecule has 1 aromatic carbocycles. The first-order chi connectivity index (χ1) is 20.2. The number of allylic oxidation sites excluding steroid dienone is 3. The minimum Gasteiger partial charge on any atom is -0.376 e. The number of carbonyl (C=O) groups excluding carboxylic acids is 1. The molecule has 1 amide bonds. The molecule has 11 heteroatoms. The number of hydrogen-bond donors (Lipinski definition) is 3. The Morgan fingerprint density at radius 1 is 1.17 bits per heavy atom. The van der Waals surface area contributed by atoms with Crippen LogP contribution in [0, 0.1) is 11.3 Å². The van der Waals surface area contributed by atoms with Gasteiger partial charge in [0, 0.05) is 42.0 Å². The quantitative estimate of drug-likeness (QED) is 0.331. The lowest BCUT2D eigenvalue weighted by atomic mass is 9.89. The Kier molecular flexibility index (Phi) is 9.37. The molecule has 0 unspecified atom stereocenters. The number of aromatic nitrogens is 1. The fraction of sp³-hybridized carbons (Fsp3) is 0.419. The molecule has 0 spiro atoms. The van der Waals surface area contributed by atoms with Crippen molar-refractivity contribution in [3.05, 3.63) is 80.9 Å². The Morgan fingerprint density at radius 2 is 1.98 bits per heavy atom. The zero-order chi connectivity index (χ0) is 29.8. The van der Waals surface area contributed by atoms with Crippen molar-refractivity contribution >= 4 is 28.9 Å². The minimum absolute atomic E-state index is 0.0259. The van der Waals surface area contributed by atoms with Crippen molar-refractivity contribution < 1.29 is 19.0 Å². The lowest BCUT2D eigenvalue weighted by molar-refractivity contribution is -0.128. The van der Waals surface area contributed by atoms with Gasteiger partial charge >= 0.3 is 0 Å². The average Bonchev–Trinajstić information content (AvgIpc) is 2.96. The van der Waals surface area contributed by atoms with Crippen molar-refractivity contribution in [1.29, 1.82) is 5.41 Å². The minimum atomic E-state index is -0.907. The van der Waals surface area contributed by atoms with E-state index in [1.165, 1.54) is 10.6 Å². The number of fused-ring (bicyclic) bond motifs is 3. The third kappa shape index (κ3) is 6.73. The van der Waals surface area contributed by atoms with Crippen LogP contribution in [0.2, 0.25) is 5.02 Å². The van der Waals surface area contributed by atoms with Crippen molar-refractivity contribution in [3.8, 4) is 11.1 Å². The Labute approximate surface area is 249 Å². The zero-order valence-electron chi connectivity index (χ0n) is 24.0. The average molecular weight is 594 g/mol. The summed E-state index contributed by atoms with van der Waals surface area (Å²) < 4.78 is 19.3. The van der Waals surface area contributed by atoms with Gasteiger partial charge in [-0.15, -0.1) is 0 Å². The molecule has 1 aromatic heterocycles. The summed E-state index contributed by atoms with van der Waals surface area (Å²) in [6.45, 7) is 5.75. The molecule has 42 heavy (non-hydrogen) atoms. The highest BCUT2D eigenvalue weighted by Gasteiger charge is 2.30. The van der Waals surface area contributed by atoms with E-state index in [1.807, 2.05) is 18.2 Å². The van der Waals surface area contributed by atoms with Gasteiger partial charge in [-0.2, -0.15) is 5.10 Å². The van der Waals surface area contributed by atoms with Crippen LogP contribution in [0.4, 0.5) is 0 Å². The van der Waals surface area contributed by atoms with Crippen LogP contribution in [0.5, 0.6) is 0 Å². The van der Waals surface area contributed by atoms with Crippen LogP contribution < -0.4 is 16.3 Å². The molecule has 2 aromatic rings. The van der Waals surface area contributed by atoms with E-state index in [-0.39, 0.29) is 42.4 Å².